The molecule has 5 rings (SSSR count). The first-order chi connectivity index (χ1) is 13.7. The minimum Gasteiger partial charge on any atom is -0.494 e. The number of fused-ring (bicyclic) bond motifs is 4. The minimum absolute atomic E-state index is 0.652. The van der Waals surface area contributed by atoms with E-state index in [4.69, 9.17) is 4.74 Å². The molecular formula is C25H33NO2. The lowest BCUT2D eigenvalue weighted by Crippen LogP contribution is -2.36. The first-order valence-electron chi connectivity index (χ1n) is 10.9. The van der Waals surface area contributed by atoms with Crippen LogP contribution in [0.3, 0.4) is 0 Å². The molecule has 0 spiro atoms. The molecule has 2 aromatic rings. The van der Waals surface area contributed by atoms with Crippen LogP contribution in [0.25, 0.3) is 0 Å². The van der Waals surface area contributed by atoms with Crippen LogP contribution < -0.4 is 4.74 Å². The van der Waals surface area contributed by atoms with E-state index in [9.17, 15) is 5.11 Å². The third-order valence-corrected chi connectivity index (χ3v) is 6.68. The van der Waals surface area contributed by atoms with Crippen LogP contribution in [0.1, 0.15) is 50.2 Å². The molecule has 1 aliphatic carbocycles. The zero-order valence-corrected chi connectivity index (χ0v) is 17.0. The van der Waals surface area contributed by atoms with Crippen LogP contribution in [0, 0.1) is 11.8 Å². The van der Waals surface area contributed by atoms with Crippen LogP contribution >= 0.6 is 0 Å². The maximum atomic E-state index is 11.9. The van der Waals surface area contributed by atoms with Crippen molar-refractivity contribution in [2.24, 2.45) is 11.8 Å². The van der Waals surface area contributed by atoms with Gasteiger partial charge in [-0.25, -0.2) is 0 Å². The van der Waals surface area contributed by atoms with Crippen LogP contribution in [0.5, 0.6) is 5.75 Å². The van der Waals surface area contributed by atoms with Crippen molar-refractivity contribution in [2.45, 2.75) is 44.6 Å². The Bertz CT molecular complexity index is 723. The maximum absolute atomic E-state index is 11.9. The highest BCUT2D eigenvalue weighted by Crippen LogP contribution is 2.37. The summed E-state index contributed by atoms with van der Waals surface area (Å²) in [5.74, 6) is 2.56. The van der Waals surface area contributed by atoms with Crippen molar-refractivity contribution >= 4 is 0 Å². The third-order valence-electron chi connectivity index (χ3n) is 6.68. The molecule has 150 valence electrons. The molecule has 28 heavy (non-hydrogen) atoms. The van der Waals surface area contributed by atoms with Gasteiger partial charge in [-0.15, -0.1) is 0 Å². The van der Waals surface area contributed by atoms with Crippen LogP contribution in [0.4, 0.5) is 0 Å². The molecule has 2 heterocycles. The quantitative estimate of drug-likeness (QED) is 0.748. The summed E-state index contributed by atoms with van der Waals surface area (Å²) in [5, 5.41) is 11.9. The van der Waals surface area contributed by atoms with Gasteiger partial charge in [0.25, 0.3) is 0 Å². The van der Waals surface area contributed by atoms with E-state index in [-0.39, 0.29) is 0 Å². The number of benzene rings is 2. The second kappa shape index (κ2) is 8.67. The Balaban J connectivity index is 1.55. The largest absolute Gasteiger partial charge is 0.494 e. The average molecular weight is 380 g/mol. The molecule has 2 saturated heterocycles. The second-order valence-electron chi connectivity index (χ2n) is 8.58. The Morgan fingerprint density at radius 1 is 0.893 bits per heavy atom. The predicted molar refractivity (Wildman–Crippen MR) is 114 cm³/mol. The summed E-state index contributed by atoms with van der Waals surface area (Å²) in [5.41, 5.74) is 0.939. The minimum atomic E-state index is -0.975. The molecule has 1 N–H and O–H groups in total. The van der Waals surface area contributed by atoms with Gasteiger partial charge in [0.2, 0.25) is 0 Å². The normalized spacial score (nSPS) is 24.5. The molecule has 2 bridgehead atoms. The SMILES string of the molecule is CCOc1ccc([C@@](O)(CCN2CC3CCC(CC3)C2)c2ccccc2)cc1. The van der Waals surface area contributed by atoms with Crippen molar-refractivity contribution in [2.75, 3.05) is 26.2 Å². The summed E-state index contributed by atoms with van der Waals surface area (Å²) >= 11 is 0. The van der Waals surface area contributed by atoms with Gasteiger partial charge in [-0.05, 0) is 74.1 Å². The number of hydrogen-bond acceptors (Lipinski definition) is 3. The fourth-order valence-corrected chi connectivity index (χ4v) is 5.07. The van der Waals surface area contributed by atoms with Gasteiger partial charge >= 0.3 is 0 Å². The lowest BCUT2D eigenvalue weighted by atomic mass is 9.83. The Hall–Kier alpha value is -1.84. The van der Waals surface area contributed by atoms with Gasteiger partial charge in [-0.1, -0.05) is 42.5 Å². The van der Waals surface area contributed by atoms with E-state index in [0.717, 1.165) is 35.3 Å². The van der Waals surface area contributed by atoms with Gasteiger partial charge in [-0.3, -0.25) is 0 Å². The number of hydrogen-bond donors (Lipinski definition) is 1. The number of rotatable bonds is 7. The molecule has 0 amide bonds. The molecule has 2 aromatic carbocycles. The predicted octanol–water partition coefficient (Wildman–Crippen LogP) is 4.83. The van der Waals surface area contributed by atoms with Gasteiger partial charge in [-0.2, -0.15) is 0 Å². The van der Waals surface area contributed by atoms with Crippen molar-refractivity contribution in [1.29, 1.82) is 0 Å². The molecule has 0 aromatic heterocycles. The second-order valence-corrected chi connectivity index (χ2v) is 8.58. The van der Waals surface area contributed by atoms with E-state index >= 15 is 0 Å². The lowest BCUT2D eigenvalue weighted by Gasteiger charge is -2.33. The Labute approximate surface area is 169 Å². The molecule has 3 nitrogen and oxygen atoms in total. The standard InChI is InChI=1S/C25H33NO2/c1-2-28-24-14-12-23(13-15-24)25(27,22-6-4-3-5-7-22)16-17-26-18-20-8-9-21(19-26)11-10-20/h3-7,12-15,20-21,27H,2,8-11,16-19H2,1H3/t20?,21?,25-/m1/s1. The van der Waals surface area contributed by atoms with Crippen molar-refractivity contribution in [3.8, 4) is 5.75 Å². The van der Waals surface area contributed by atoms with Gasteiger partial charge in [0, 0.05) is 19.6 Å². The summed E-state index contributed by atoms with van der Waals surface area (Å²) in [6.45, 7) is 5.98. The molecule has 3 fully saturated rings. The van der Waals surface area contributed by atoms with E-state index in [1.54, 1.807) is 0 Å². The Morgan fingerprint density at radius 3 is 2.04 bits per heavy atom. The van der Waals surface area contributed by atoms with E-state index < -0.39 is 5.60 Å². The van der Waals surface area contributed by atoms with Crippen molar-refractivity contribution in [3.05, 3.63) is 65.7 Å². The summed E-state index contributed by atoms with van der Waals surface area (Å²) in [6, 6.07) is 18.1. The fourth-order valence-electron chi connectivity index (χ4n) is 5.07. The summed E-state index contributed by atoms with van der Waals surface area (Å²) in [6.07, 6.45) is 6.28. The summed E-state index contributed by atoms with van der Waals surface area (Å²) < 4.78 is 5.59. The molecule has 3 aliphatic rings. The highest BCUT2D eigenvalue weighted by atomic mass is 16.5. The highest BCUT2D eigenvalue weighted by Gasteiger charge is 2.34. The molecule has 1 saturated carbocycles. The monoisotopic (exact) mass is 379 g/mol. The van der Waals surface area contributed by atoms with E-state index in [1.165, 1.54) is 38.8 Å². The first-order valence-corrected chi connectivity index (χ1v) is 10.9. The Kier molecular flexibility index (Phi) is 6.03. The molecule has 1 atom stereocenters. The Morgan fingerprint density at radius 2 is 1.46 bits per heavy atom. The van der Waals surface area contributed by atoms with Crippen LogP contribution in [-0.2, 0) is 5.60 Å². The van der Waals surface area contributed by atoms with Gasteiger partial charge < -0.3 is 14.7 Å². The van der Waals surface area contributed by atoms with Crippen molar-refractivity contribution < 1.29 is 9.84 Å². The van der Waals surface area contributed by atoms with Gasteiger partial charge in [0.15, 0.2) is 0 Å². The van der Waals surface area contributed by atoms with Crippen LogP contribution in [-0.4, -0.2) is 36.2 Å². The maximum Gasteiger partial charge on any atom is 0.119 e. The highest BCUT2D eigenvalue weighted by molar-refractivity contribution is 5.38. The smallest absolute Gasteiger partial charge is 0.119 e. The number of ether oxygens (including phenoxy) is 1. The van der Waals surface area contributed by atoms with Gasteiger partial charge in [0.05, 0.1) is 6.61 Å². The van der Waals surface area contributed by atoms with Crippen LogP contribution in [0.15, 0.2) is 54.6 Å². The molecule has 0 radical (unpaired) electrons. The van der Waals surface area contributed by atoms with Crippen LogP contribution in [0.2, 0.25) is 0 Å². The number of nitrogens with zero attached hydrogens (tertiary/aromatic N) is 1. The average Bonchev–Trinajstić information content (AvgIpc) is 3.07. The summed E-state index contributed by atoms with van der Waals surface area (Å²) in [4.78, 5) is 2.61. The third kappa shape index (κ3) is 4.26. The lowest BCUT2D eigenvalue weighted by molar-refractivity contribution is 0.0558. The van der Waals surface area contributed by atoms with Crippen molar-refractivity contribution in [3.63, 3.8) is 0 Å². The first kappa shape index (κ1) is 19.5. The van der Waals surface area contributed by atoms with Crippen molar-refractivity contribution in [1.82, 2.24) is 4.90 Å². The van der Waals surface area contributed by atoms with E-state index in [1.807, 2.05) is 61.5 Å². The fraction of sp³-hybridized carbons (Fsp3) is 0.520. The van der Waals surface area contributed by atoms with Gasteiger partial charge in [0.1, 0.15) is 11.4 Å². The zero-order chi connectivity index (χ0) is 19.4. The summed E-state index contributed by atoms with van der Waals surface area (Å²) in [7, 11) is 0. The molecule has 2 aliphatic heterocycles. The zero-order valence-electron chi connectivity index (χ0n) is 17.0. The topological polar surface area (TPSA) is 32.7 Å². The number of aliphatic hydroxyl groups is 1. The molecule has 3 heteroatoms. The van der Waals surface area contributed by atoms with E-state index in [2.05, 4.69) is 4.90 Å². The van der Waals surface area contributed by atoms with E-state index in [0.29, 0.717) is 13.0 Å². The molecule has 0 unspecified atom stereocenters. The molecular weight excluding hydrogens is 346 g/mol.